The van der Waals surface area contributed by atoms with Crippen LogP contribution in [-0.4, -0.2) is 30.4 Å². The minimum Gasteiger partial charge on any atom is -0.462 e. The Balaban J connectivity index is 1.21. The summed E-state index contributed by atoms with van der Waals surface area (Å²) in [5.74, 6) is 2.09. The van der Waals surface area contributed by atoms with Crippen LogP contribution in [0, 0.1) is 40.4 Å². The van der Waals surface area contributed by atoms with Gasteiger partial charge >= 0.3 is 11.9 Å². The van der Waals surface area contributed by atoms with E-state index in [1.54, 1.807) is 12.1 Å². The Bertz CT molecular complexity index is 1370. The van der Waals surface area contributed by atoms with Crippen LogP contribution in [0.5, 0.6) is 0 Å². The Hall–Kier alpha value is -3.21. The van der Waals surface area contributed by atoms with Crippen molar-refractivity contribution in [2.75, 3.05) is 6.61 Å². The molecule has 3 fully saturated rings. The zero-order valence-electron chi connectivity index (χ0n) is 25.9. The highest BCUT2D eigenvalue weighted by Crippen LogP contribution is 2.68. The summed E-state index contributed by atoms with van der Waals surface area (Å²) in [6, 6.07) is 18.6. The third-order valence-electron chi connectivity index (χ3n) is 12.1. The highest BCUT2D eigenvalue weighted by molar-refractivity contribution is 5.92. The molecule has 2 aromatic rings. The monoisotopic (exact) mass is 584 g/mol. The maximum absolute atomic E-state index is 13.6. The summed E-state index contributed by atoms with van der Waals surface area (Å²) >= 11 is 0. The molecule has 0 bridgehead atoms. The van der Waals surface area contributed by atoms with Gasteiger partial charge in [0.25, 0.3) is 0 Å². The molecular weight excluding hydrogens is 538 g/mol. The van der Waals surface area contributed by atoms with Gasteiger partial charge in [-0.3, -0.25) is 4.79 Å². The summed E-state index contributed by atoms with van der Waals surface area (Å²) in [6.07, 6.45) is 10.4. The van der Waals surface area contributed by atoms with E-state index in [9.17, 15) is 14.4 Å². The molecule has 0 aliphatic heterocycles. The molecule has 0 aromatic heterocycles. The molecular formula is C38H46O5. The van der Waals surface area contributed by atoms with Crippen LogP contribution in [0.15, 0.2) is 72.3 Å². The number of hydrogen-bond acceptors (Lipinski definition) is 5. The van der Waals surface area contributed by atoms with Crippen molar-refractivity contribution < 1.29 is 23.9 Å². The SMILES string of the molecule is C[C@H](CCCOC(=O)c1ccccc1)[C@H]1CC[C@H]2[C@@H]3CCC4=[13CH][13C](=O)CC[C@]4(C)[C@H]3C[C@H](OC(=O)c3ccccc3)[C@]12C. The van der Waals surface area contributed by atoms with Crippen LogP contribution in [0.25, 0.3) is 0 Å². The fourth-order valence-corrected chi connectivity index (χ4v) is 9.84. The van der Waals surface area contributed by atoms with Gasteiger partial charge in [-0.2, -0.15) is 0 Å². The van der Waals surface area contributed by atoms with E-state index < -0.39 is 0 Å². The van der Waals surface area contributed by atoms with Gasteiger partial charge in [0.2, 0.25) is 0 Å². The van der Waals surface area contributed by atoms with Gasteiger partial charge in [-0.25, -0.2) is 9.59 Å². The molecule has 2 aromatic carbocycles. The fraction of sp³-hybridized carbons (Fsp3) is 0.553. The standard InChI is InChI=1S/C38H46O5/c1-25(11-10-22-42-35(40)26-12-6-4-7-13-26)31-18-19-32-30-17-16-28-23-29(39)20-21-37(28,2)33(30)24-34(38(31,32)3)43-36(41)27-14-8-5-9-15-27/h4-9,12-15,23,25,30-34H,10-11,16-22,24H2,1-3H3/t25-,30+,31-,32+,33+,34+,37+,38-/m1/s1/i23+1,29+1. The zero-order chi connectivity index (χ0) is 30.2. The van der Waals surface area contributed by atoms with E-state index in [1.165, 1.54) is 5.57 Å². The Kier molecular flexibility index (Phi) is 8.37. The number of rotatable bonds is 8. The fourth-order valence-electron chi connectivity index (χ4n) is 9.84. The minimum atomic E-state index is -0.268. The van der Waals surface area contributed by atoms with Crippen molar-refractivity contribution >= 4 is 17.7 Å². The van der Waals surface area contributed by atoms with Gasteiger partial charge in [0.1, 0.15) is 6.10 Å². The average molecular weight is 585 g/mol. The number of benzene rings is 2. The second-order valence-electron chi connectivity index (χ2n) is 14.1. The van der Waals surface area contributed by atoms with E-state index >= 15 is 0 Å². The Morgan fingerprint density at radius 1 is 0.884 bits per heavy atom. The number of ether oxygens (including phenoxy) is 2. The number of fused-ring (bicyclic) bond motifs is 5. The third-order valence-corrected chi connectivity index (χ3v) is 12.1. The van der Waals surface area contributed by atoms with E-state index in [4.69, 9.17) is 9.47 Å². The van der Waals surface area contributed by atoms with E-state index in [0.717, 1.165) is 51.4 Å². The summed E-state index contributed by atoms with van der Waals surface area (Å²) in [7, 11) is 0. The summed E-state index contributed by atoms with van der Waals surface area (Å²) in [5, 5.41) is 0. The molecule has 0 radical (unpaired) electrons. The largest absolute Gasteiger partial charge is 0.462 e. The van der Waals surface area contributed by atoms with Crippen LogP contribution in [-0.2, 0) is 14.3 Å². The lowest BCUT2D eigenvalue weighted by Crippen LogP contribution is -2.58. The quantitative estimate of drug-likeness (QED) is 0.178. The second-order valence-corrected chi connectivity index (χ2v) is 14.1. The van der Waals surface area contributed by atoms with Crippen molar-refractivity contribution in [3.63, 3.8) is 0 Å². The molecule has 8 atom stereocenters. The first-order valence-electron chi connectivity index (χ1n) is 16.4. The van der Waals surface area contributed by atoms with Crippen LogP contribution in [0.2, 0.25) is 0 Å². The highest BCUT2D eigenvalue weighted by Gasteiger charge is 2.64. The van der Waals surface area contributed by atoms with Crippen molar-refractivity contribution in [3.05, 3.63) is 83.4 Å². The Morgan fingerprint density at radius 2 is 1.56 bits per heavy atom. The topological polar surface area (TPSA) is 69.7 Å². The Labute approximate surface area is 256 Å². The molecule has 3 saturated carbocycles. The van der Waals surface area contributed by atoms with E-state index in [0.29, 0.717) is 53.7 Å². The normalized spacial score (nSPS) is 33.8. The zero-order valence-corrected chi connectivity index (χ0v) is 25.9. The van der Waals surface area contributed by atoms with Gasteiger partial charge < -0.3 is 9.47 Å². The van der Waals surface area contributed by atoms with Crippen molar-refractivity contribution in [2.45, 2.75) is 84.7 Å². The van der Waals surface area contributed by atoms with Crippen LogP contribution in [0.4, 0.5) is 0 Å². The van der Waals surface area contributed by atoms with Crippen molar-refractivity contribution in [1.29, 1.82) is 0 Å². The molecule has 4 aliphatic carbocycles. The maximum Gasteiger partial charge on any atom is 0.338 e. The number of allylic oxidation sites excluding steroid dienone is 1. The van der Waals surface area contributed by atoms with Crippen molar-refractivity contribution in [3.8, 4) is 0 Å². The van der Waals surface area contributed by atoms with Crippen LogP contribution >= 0.6 is 0 Å². The van der Waals surface area contributed by atoms with Crippen molar-refractivity contribution in [1.82, 2.24) is 0 Å². The van der Waals surface area contributed by atoms with Crippen LogP contribution < -0.4 is 0 Å². The summed E-state index contributed by atoms with van der Waals surface area (Å²) in [6.45, 7) is 7.55. The molecule has 0 N–H and O–H groups in total. The molecule has 5 nitrogen and oxygen atoms in total. The third kappa shape index (κ3) is 5.49. The lowest BCUT2D eigenvalue weighted by atomic mass is 9.46. The molecule has 4 aliphatic rings. The minimum absolute atomic E-state index is 0.00188. The predicted octanol–water partition coefficient (Wildman–Crippen LogP) is 8.24. The van der Waals surface area contributed by atoms with Gasteiger partial charge in [0.15, 0.2) is 5.78 Å². The highest BCUT2D eigenvalue weighted by atomic mass is 16.5. The molecule has 0 unspecified atom stereocenters. The van der Waals surface area contributed by atoms with Crippen LogP contribution in [0.1, 0.15) is 99.3 Å². The van der Waals surface area contributed by atoms with Gasteiger partial charge in [-0.15, -0.1) is 0 Å². The number of hydrogen-bond donors (Lipinski definition) is 0. The molecule has 0 saturated heterocycles. The van der Waals surface area contributed by atoms with Gasteiger partial charge in [-0.05, 0) is 117 Å². The number of carbonyl (C=O) groups is 3. The molecule has 0 spiro atoms. The lowest BCUT2D eigenvalue weighted by Gasteiger charge is -2.60. The van der Waals surface area contributed by atoms with E-state index in [2.05, 4.69) is 20.8 Å². The summed E-state index contributed by atoms with van der Waals surface area (Å²) < 4.78 is 12.2. The van der Waals surface area contributed by atoms with Gasteiger partial charge in [-0.1, -0.05) is 62.7 Å². The van der Waals surface area contributed by atoms with Crippen LogP contribution in [0.3, 0.4) is 0 Å². The summed E-state index contributed by atoms with van der Waals surface area (Å²) in [4.78, 5) is 38.4. The number of carbonyl (C=O) groups excluding carboxylic acids is 3. The first kappa shape index (κ1) is 29.8. The van der Waals surface area contributed by atoms with E-state index in [1.807, 2.05) is 54.6 Å². The predicted molar refractivity (Wildman–Crippen MR) is 166 cm³/mol. The second kappa shape index (κ2) is 12.1. The Morgan fingerprint density at radius 3 is 2.26 bits per heavy atom. The molecule has 6 rings (SSSR count). The molecule has 0 heterocycles. The lowest BCUT2D eigenvalue weighted by molar-refractivity contribution is -0.144. The number of esters is 2. The van der Waals surface area contributed by atoms with Gasteiger partial charge in [0.05, 0.1) is 17.7 Å². The number of ketones is 1. The smallest absolute Gasteiger partial charge is 0.338 e. The average Bonchev–Trinajstić information content (AvgIpc) is 3.39. The molecule has 43 heavy (non-hydrogen) atoms. The molecule has 228 valence electrons. The molecule has 5 heteroatoms. The van der Waals surface area contributed by atoms with Gasteiger partial charge in [0, 0.05) is 11.8 Å². The maximum atomic E-state index is 13.6. The summed E-state index contributed by atoms with van der Waals surface area (Å²) in [5.41, 5.74) is 2.40. The first-order valence-corrected chi connectivity index (χ1v) is 16.4. The molecule has 0 amide bonds. The first-order chi connectivity index (χ1) is 20.7. The van der Waals surface area contributed by atoms with E-state index in [-0.39, 0.29) is 34.7 Å². The van der Waals surface area contributed by atoms with Crippen molar-refractivity contribution in [2.24, 2.45) is 40.4 Å².